The minimum absolute atomic E-state index is 0.0260. The Morgan fingerprint density at radius 1 is 0.915 bits per heavy atom. The Labute approximate surface area is 268 Å². The highest BCUT2D eigenvalue weighted by molar-refractivity contribution is 5.90. The third-order valence-electron chi connectivity index (χ3n) is 6.92. The molecule has 2 aromatic carbocycles. The molecule has 2 heterocycles. The van der Waals surface area contributed by atoms with Crippen LogP contribution >= 0.6 is 0 Å². The molecule has 4 rings (SSSR count). The molecule has 252 valence electrons. The average molecular weight is 661 g/mol. The summed E-state index contributed by atoms with van der Waals surface area (Å²) in [6.07, 6.45) is -2.32. The van der Waals surface area contributed by atoms with Crippen LogP contribution in [0.25, 0.3) is 20.9 Å². The number of benzene rings is 2. The lowest BCUT2D eigenvalue weighted by atomic mass is 10.2. The second-order valence-electron chi connectivity index (χ2n) is 10.2. The maximum atomic E-state index is 14.4. The molecule has 0 bridgehead atoms. The zero-order valence-corrected chi connectivity index (χ0v) is 25.9. The van der Waals surface area contributed by atoms with Gasteiger partial charge in [0, 0.05) is 37.4 Å². The molecular weight excluding hydrogens is 626 g/mol. The van der Waals surface area contributed by atoms with Crippen LogP contribution in [-0.4, -0.2) is 102 Å². The van der Waals surface area contributed by atoms with Crippen LogP contribution in [0.15, 0.2) is 46.6 Å². The van der Waals surface area contributed by atoms with E-state index < -0.39 is 42.0 Å². The van der Waals surface area contributed by atoms with Crippen molar-refractivity contribution in [2.24, 2.45) is 10.2 Å². The first-order valence-electron chi connectivity index (χ1n) is 14.2. The largest absolute Gasteiger partial charge is 0.464 e. The van der Waals surface area contributed by atoms with E-state index >= 15 is 0 Å². The first-order chi connectivity index (χ1) is 22.5. The molecule has 2 saturated heterocycles. The number of nitrogens with zero attached hydrogens (tertiary/aromatic N) is 10. The van der Waals surface area contributed by atoms with Gasteiger partial charge in [0.05, 0.1) is 62.1 Å². The number of aliphatic hydroxyl groups is 1. The summed E-state index contributed by atoms with van der Waals surface area (Å²) in [4.78, 5) is 45.4. The molecule has 0 aliphatic carbocycles. The molecule has 0 unspecified atom stereocenters. The van der Waals surface area contributed by atoms with Crippen LogP contribution in [0.1, 0.15) is 6.92 Å². The number of cyclic esters (lactones) is 2. The van der Waals surface area contributed by atoms with Crippen molar-refractivity contribution in [3.05, 3.63) is 68.9 Å². The molecule has 2 aliphatic heterocycles. The van der Waals surface area contributed by atoms with E-state index in [4.69, 9.17) is 30.4 Å². The van der Waals surface area contributed by atoms with Gasteiger partial charge in [-0.2, -0.15) is 0 Å². The van der Waals surface area contributed by atoms with Gasteiger partial charge in [-0.3, -0.25) is 14.6 Å². The van der Waals surface area contributed by atoms with Crippen molar-refractivity contribution in [3.63, 3.8) is 0 Å². The number of hydrogen-bond acceptors (Lipinski definition) is 11. The van der Waals surface area contributed by atoms with Crippen molar-refractivity contribution in [1.29, 1.82) is 0 Å². The van der Waals surface area contributed by atoms with Crippen LogP contribution in [0, 0.1) is 11.6 Å². The van der Waals surface area contributed by atoms with E-state index in [1.165, 1.54) is 41.0 Å². The first-order valence-corrected chi connectivity index (χ1v) is 14.2. The fourth-order valence-corrected chi connectivity index (χ4v) is 4.57. The van der Waals surface area contributed by atoms with E-state index in [0.29, 0.717) is 35.8 Å². The average Bonchev–Trinajstić information content (AvgIpc) is 3.60. The fraction of sp³-hybridized carbons (Fsp3) is 0.464. The van der Waals surface area contributed by atoms with Crippen molar-refractivity contribution < 1.29 is 42.5 Å². The first kappa shape index (κ1) is 36.0. The Morgan fingerprint density at radius 3 is 1.74 bits per heavy atom. The summed E-state index contributed by atoms with van der Waals surface area (Å²) in [7, 11) is 3.33. The van der Waals surface area contributed by atoms with E-state index in [0.717, 1.165) is 0 Å². The lowest BCUT2D eigenvalue weighted by molar-refractivity contribution is -0.140. The van der Waals surface area contributed by atoms with Gasteiger partial charge in [-0.15, -0.1) is 0 Å². The molecule has 0 radical (unpaired) electrons. The second-order valence-corrected chi connectivity index (χ2v) is 10.2. The van der Waals surface area contributed by atoms with Gasteiger partial charge in [0.25, 0.3) is 0 Å². The maximum Gasteiger partial charge on any atom is 0.414 e. The van der Waals surface area contributed by atoms with Crippen LogP contribution in [0.5, 0.6) is 0 Å². The van der Waals surface area contributed by atoms with E-state index in [9.17, 15) is 23.2 Å². The topological polar surface area (TPSA) is 210 Å². The number of carbonyl (C=O) groups excluding carboxylic acids is 3. The Hall–Kier alpha value is -5.51. The molecule has 1 N–H and O–H groups in total. The molecule has 2 amide bonds. The van der Waals surface area contributed by atoms with E-state index in [1.807, 2.05) is 0 Å². The van der Waals surface area contributed by atoms with Crippen LogP contribution in [0.2, 0.25) is 0 Å². The van der Waals surface area contributed by atoms with Gasteiger partial charge in [0.2, 0.25) is 0 Å². The summed E-state index contributed by atoms with van der Waals surface area (Å²) in [5, 5.41) is 15.6. The normalized spacial score (nSPS) is 16.6. The van der Waals surface area contributed by atoms with Crippen LogP contribution in [0.3, 0.4) is 0 Å². The summed E-state index contributed by atoms with van der Waals surface area (Å²) in [5.41, 5.74) is 17.9. The molecule has 2 aromatic rings. The lowest BCUT2D eigenvalue weighted by Crippen LogP contribution is -2.26. The van der Waals surface area contributed by atoms with Crippen molar-refractivity contribution in [1.82, 2.24) is 0 Å². The van der Waals surface area contributed by atoms with Crippen molar-refractivity contribution in [3.8, 4) is 0 Å². The van der Waals surface area contributed by atoms with Gasteiger partial charge in [0.1, 0.15) is 30.4 Å². The Kier molecular flexibility index (Phi) is 13.2. The zero-order chi connectivity index (χ0) is 34.5. The Bertz CT molecular complexity index is 1540. The number of carbonyl (C=O) groups is 3. The molecule has 47 heavy (non-hydrogen) atoms. The Balaban J connectivity index is 0.000000257. The highest BCUT2D eigenvalue weighted by atomic mass is 19.1. The second kappa shape index (κ2) is 17.3. The highest BCUT2D eigenvalue weighted by Gasteiger charge is 2.33. The van der Waals surface area contributed by atoms with Crippen molar-refractivity contribution in [2.75, 3.05) is 86.2 Å². The number of likely N-dealkylation sites (N-methyl/N-ethyl adjacent to an activating group) is 2. The van der Waals surface area contributed by atoms with Gasteiger partial charge < -0.3 is 29.1 Å². The number of aliphatic hydroxyl groups excluding tert-OH is 1. The zero-order valence-electron chi connectivity index (χ0n) is 25.9. The third-order valence-corrected chi connectivity index (χ3v) is 6.92. The number of esters is 1. The molecule has 2 atom stereocenters. The predicted octanol–water partition coefficient (Wildman–Crippen LogP) is 4.35. The van der Waals surface area contributed by atoms with Gasteiger partial charge in [0.15, 0.2) is 0 Å². The van der Waals surface area contributed by atoms with Gasteiger partial charge in [-0.1, -0.05) is 10.2 Å². The predicted molar refractivity (Wildman–Crippen MR) is 166 cm³/mol. The monoisotopic (exact) mass is 660 g/mol. The van der Waals surface area contributed by atoms with Crippen LogP contribution in [-0.2, 0) is 19.0 Å². The summed E-state index contributed by atoms with van der Waals surface area (Å²) >= 11 is 0. The number of ether oxygens (including phenoxy) is 3. The van der Waals surface area contributed by atoms with Crippen molar-refractivity contribution >= 4 is 40.9 Å². The SMILES string of the molecule is CC(=O)OCCN(C)c1ccc(N2C[C@H](CN=[N+]=[N-])OC2=O)cc1F.CN(CCO)c1ccc(N2C[C@H](CN=[N+]=[N-])OC2=O)cc1F. The van der Waals surface area contributed by atoms with E-state index in [2.05, 4.69) is 20.1 Å². The molecule has 0 spiro atoms. The number of rotatable bonds is 13. The Morgan fingerprint density at radius 2 is 1.36 bits per heavy atom. The van der Waals surface area contributed by atoms with Crippen molar-refractivity contribution in [2.45, 2.75) is 19.1 Å². The highest BCUT2D eigenvalue weighted by Crippen LogP contribution is 2.29. The molecule has 17 nitrogen and oxygen atoms in total. The smallest absolute Gasteiger partial charge is 0.414 e. The number of anilines is 4. The number of azide groups is 2. The van der Waals surface area contributed by atoms with Crippen LogP contribution < -0.4 is 19.6 Å². The lowest BCUT2D eigenvalue weighted by Gasteiger charge is -2.21. The van der Waals surface area contributed by atoms with E-state index in [1.54, 1.807) is 36.0 Å². The molecule has 2 aliphatic rings. The summed E-state index contributed by atoms with van der Waals surface area (Å²) < 4.78 is 43.4. The summed E-state index contributed by atoms with van der Waals surface area (Å²) in [6.45, 7) is 2.44. The third kappa shape index (κ3) is 9.99. The standard InChI is InChI=1S/C15H18FN5O4.C13H16FN5O3/c1-10(22)24-6-5-20(2)14-4-3-11(7-13(14)16)21-9-12(8-18-19-17)25-15(21)23;1-18(4-5-20)12-3-2-9(6-11(12)14)19-8-10(7-16-17-15)22-13(19)21/h3-4,7,12H,5-6,8-9H2,1-2H3;2-3,6,10,20H,4-5,7-8H2,1H3/t12-;10-/m00/s1. The van der Waals surface area contributed by atoms with Crippen LogP contribution in [0.4, 0.5) is 41.1 Å². The summed E-state index contributed by atoms with van der Waals surface area (Å²) in [6, 6.07) is 8.73. The minimum atomic E-state index is -0.617. The number of amides is 2. The van der Waals surface area contributed by atoms with Gasteiger partial charge >= 0.3 is 18.2 Å². The fourth-order valence-electron chi connectivity index (χ4n) is 4.57. The quantitative estimate of drug-likeness (QED) is 0.106. The minimum Gasteiger partial charge on any atom is -0.464 e. The van der Waals surface area contributed by atoms with E-state index in [-0.39, 0.29) is 39.4 Å². The number of hydrogen-bond donors (Lipinski definition) is 1. The number of halogens is 2. The molecule has 2 fully saturated rings. The molecule has 0 saturated carbocycles. The molecule has 0 aromatic heterocycles. The van der Waals surface area contributed by atoms with Gasteiger partial charge in [-0.05, 0) is 47.5 Å². The van der Waals surface area contributed by atoms with Gasteiger partial charge in [-0.25, -0.2) is 18.4 Å². The summed E-state index contributed by atoms with van der Waals surface area (Å²) in [5.74, 6) is -1.42. The molecular formula is C28H34F2N10O7. The maximum absolute atomic E-state index is 14.4. The molecule has 19 heteroatoms.